The highest BCUT2D eigenvalue weighted by atomic mass is 14.4. The maximum Gasteiger partial charge on any atom is -0.00840 e. The van der Waals surface area contributed by atoms with E-state index in [1.54, 1.807) is 16.5 Å². The highest BCUT2D eigenvalue weighted by Crippen LogP contribution is 2.55. The van der Waals surface area contributed by atoms with E-state index in [4.69, 9.17) is 0 Å². The summed E-state index contributed by atoms with van der Waals surface area (Å²) in [4.78, 5) is 0. The summed E-state index contributed by atoms with van der Waals surface area (Å²) in [5, 5.41) is 3.00. The summed E-state index contributed by atoms with van der Waals surface area (Å²) in [7, 11) is 0. The molecule has 0 N–H and O–H groups in total. The van der Waals surface area contributed by atoms with E-state index < -0.39 is 0 Å². The Morgan fingerprint density at radius 3 is 2.30 bits per heavy atom. The van der Waals surface area contributed by atoms with Crippen LogP contribution in [0.4, 0.5) is 0 Å². The van der Waals surface area contributed by atoms with Crippen LogP contribution < -0.4 is 0 Å². The molecule has 2 aromatic carbocycles. The van der Waals surface area contributed by atoms with E-state index in [2.05, 4.69) is 38.1 Å². The molecular formula is C20H24. The van der Waals surface area contributed by atoms with Crippen molar-refractivity contribution in [2.45, 2.75) is 64.2 Å². The van der Waals surface area contributed by atoms with Gasteiger partial charge in [-0.15, -0.1) is 0 Å². The quantitative estimate of drug-likeness (QED) is 0.548. The lowest BCUT2D eigenvalue weighted by Gasteiger charge is -2.42. The first-order valence-electron chi connectivity index (χ1n) is 8.29. The van der Waals surface area contributed by atoms with Gasteiger partial charge in [0.25, 0.3) is 0 Å². The van der Waals surface area contributed by atoms with Gasteiger partial charge in [-0.2, -0.15) is 0 Å². The molecule has 0 spiro atoms. The van der Waals surface area contributed by atoms with Gasteiger partial charge in [0, 0.05) is 0 Å². The van der Waals surface area contributed by atoms with Gasteiger partial charge in [0.05, 0.1) is 0 Å². The van der Waals surface area contributed by atoms with Crippen LogP contribution in [-0.4, -0.2) is 0 Å². The summed E-state index contributed by atoms with van der Waals surface area (Å²) in [6.45, 7) is 4.48. The van der Waals surface area contributed by atoms with Gasteiger partial charge < -0.3 is 0 Å². The Bertz CT molecular complexity index is 665. The average Bonchev–Trinajstić information content (AvgIpc) is 2.40. The largest absolute Gasteiger partial charge is 0.0578 e. The van der Waals surface area contributed by atoms with E-state index in [1.165, 1.54) is 55.0 Å². The maximum absolute atomic E-state index is 2.44. The lowest BCUT2D eigenvalue weighted by Crippen LogP contribution is -2.26. The first kappa shape index (κ1) is 12.4. The minimum Gasteiger partial charge on any atom is -0.0578 e. The molecular weight excluding hydrogens is 240 g/mol. The Hall–Kier alpha value is -1.30. The van der Waals surface area contributed by atoms with Gasteiger partial charge in [0.1, 0.15) is 0 Å². The molecule has 0 bridgehead atoms. The molecule has 0 radical (unpaired) electrons. The van der Waals surface area contributed by atoms with Crippen molar-refractivity contribution in [3.8, 4) is 0 Å². The van der Waals surface area contributed by atoms with E-state index in [9.17, 15) is 0 Å². The molecule has 0 unspecified atom stereocenters. The molecule has 0 heteroatoms. The number of fused-ring (bicyclic) bond motifs is 6. The van der Waals surface area contributed by atoms with Crippen molar-refractivity contribution in [2.75, 3.05) is 0 Å². The minimum atomic E-state index is 0.858. The van der Waals surface area contributed by atoms with Gasteiger partial charge in [-0.25, -0.2) is 0 Å². The molecule has 0 aromatic heterocycles. The monoisotopic (exact) mass is 264 g/mol. The molecule has 0 nitrogen and oxygen atoms in total. The number of hydrogen-bond donors (Lipinski definition) is 0. The number of hydrogen-bond acceptors (Lipinski definition) is 0. The molecule has 2 aliphatic carbocycles. The Kier molecular flexibility index (Phi) is 2.87. The van der Waals surface area contributed by atoms with E-state index >= 15 is 0 Å². The zero-order valence-corrected chi connectivity index (χ0v) is 12.7. The third kappa shape index (κ3) is 1.74. The Labute approximate surface area is 122 Å². The molecule has 2 atom stereocenters. The van der Waals surface area contributed by atoms with Crippen LogP contribution in [0.3, 0.4) is 0 Å². The predicted octanol–water partition coefficient (Wildman–Crippen LogP) is 5.99. The number of aryl methyl sites for hydroxylation is 2. The lowest BCUT2D eigenvalue weighted by atomic mass is 9.62. The summed E-state index contributed by atoms with van der Waals surface area (Å²) in [6, 6.07) is 9.60. The summed E-state index contributed by atoms with van der Waals surface area (Å²) in [5.74, 6) is 1.73. The Balaban J connectivity index is 1.87. The highest BCUT2D eigenvalue weighted by molar-refractivity contribution is 5.90. The molecule has 0 saturated heterocycles. The molecule has 1 saturated carbocycles. The second-order valence-electron chi connectivity index (χ2n) is 6.93. The Morgan fingerprint density at radius 2 is 1.50 bits per heavy atom. The predicted molar refractivity (Wildman–Crippen MR) is 86.6 cm³/mol. The van der Waals surface area contributed by atoms with Crippen molar-refractivity contribution in [3.63, 3.8) is 0 Å². The van der Waals surface area contributed by atoms with Gasteiger partial charge in [0.2, 0.25) is 0 Å². The molecule has 0 aliphatic heterocycles. The molecule has 20 heavy (non-hydrogen) atoms. The van der Waals surface area contributed by atoms with Crippen LogP contribution in [0.25, 0.3) is 10.8 Å². The third-order valence-corrected chi connectivity index (χ3v) is 5.75. The molecule has 0 heterocycles. The van der Waals surface area contributed by atoms with E-state index in [1.807, 2.05) is 0 Å². The van der Waals surface area contributed by atoms with Crippen LogP contribution in [0, 0.1) is 13.8 Å². The van der Waals surface area contributed by atoms with Gasteiger partial charge in [-0.05, 0) is 71.6 Å². The maximum atomic E-state index is 2.44. The molecule has 1 fully saturated rings. The fourth-order valence-electron chi connectivity index (χ4n) is 4.48. The van der Waals surface area contributed by atoms with Crippen LogP contribution in [0.15, 0.2) is 24.3 Å². The summed E-state index contributed by atoms with van der Waals surface area (Å²) in [5.41, 5.74) is 6.25. The summed E-state index contributed by atoms with van der Waals surface area (Å²) >= 11 is 0. The average molecular weight is 264 g/mol. The minimum absolute atomic E-state index is 0.858. The van der Waals surface area contributed by atoms with Crippen LogP contribution in [0.5, 0.6) is 0 Å². The fraction of sp³-hybridized carbons (Fsp3) is 0.500. The third-order valence-electron chi connectivity index (χ3n) is 5.75. The fourth-order valence-corrected chi connectivity index (χ4v) is 4.48. The molecule has 104 valence electrons. The van der Waals surface area contributed by atoms with Crippen molar-refractivity contribution in [3.05, 3.63) is 46.5 Å². The van der Waals surface area contributed by atoms with Crippen molar-refractivity contribution in [2.24, 2.45) is 0 Å². The van der Waals surface area contributed by atoms with Gasteiger partial charge in [0.15, 0.2) is 0 Å². The zero-order chi connectivity index (χ0) is 13.7. The first-order valence-corrected chi connectivity index (χ1v) is 8.29. The second-order valence-corrected chi connectivity index (χ2v) is 6.93. The normalized spacial score (nSPS) is 25.3. The highest BCUT2D eigenvalue weighted by Gasteiger charge is 2.38. The van der Waals surface area contributed by atoms with Gasteiger partial charge in [-0.3, -0.25) is 0 Å². The summed E-state index contributed by atoms with van der Waals surface area (Å²) in [6.07, 6.45) is 8.61. The first-order chi connectivity index (χ1) is 9.75. The molecule has 0 amide bonds. The van der Waals surface area contributed by atoms with Gasteiger partial charge in [-0.1, -0.05) is 49.9 Å². The van der Waals surface area contributed by atoms with Crippen molar-refractivity contribution >= 4 is 10.8 Å². The standard InChI is InChI=1S/C20H24/c1-13-11-15-9-10-18-16-7-5-3-4-6-8-17(16)20(18)19(15)12-14(13)2/h9-12,16-17H,3-8H2,1-2H3/t16-,17+/m1/s1. The molecule has 2 aromatic rings. The van der Waals surface area contributed by atoms with Crippen LogP contribution in [0.1, 0.15) is 72.6 Å². The van der Waals surface area contributed by atoms with Crippen LogP contribution in [-0.2, 0) is 0 Å². The van der Waals surface area contributed by atoms with E-state index in [0.717, 1.165) is 11.8 Å². The SMILES string of the molecule is Cc1cc2ccc3c(c2cc1C)[C@H]1CCCCCC[C@@H]31. The second kappa shape index (κ2) is 4.62. The van der Waals surface area contributed by atoms with Crippen molar-refractivity contribution in [1.29, 1.82) is 0 Å². The van der Waals surface area contributed by atoms with E-state index in [0.29, 0.717) is 0 Å². The number of rotatable bonds is 0. The van der Waals surface area contributed by atoms with Crippen molar-refractivity contribution in [1.82, 2.24) is 0 Å². The smallest absolute Gasteiger partial charge is 0.00840 e. The van der Waals surface area contributed by atoms with Crippen molar-refractivity contribution < 1.29 is 0 Å². The molecule has 2 aliphatic rings. The lowest BCUT2D eigenvalue weighted by molar-refractivity contribution is 0.366. The topological polar surface area (TPSA) is 0 Å². The Morgan fingerprint density at radius 1 is 0.800 bits per heavy atom. The number of benzene rings is 2. The van der Waals surface area contributed by atoms with Gasteiger partial charge >= 0.3 is 0 Å². The van der Waals surface area contributed by atoms with Crippen LogP contribution in [0.2, 0.25) is 0 Å². The zero-order valence-electron chi connectivity index (χ0n) is 12.7. The van der Waals surface area contributed by atoms with E-state index in [-0.39, 0.29) is 0 Å². The molecule has 4 rings (SSSR count). The van der Waals surface area contributed by atoms with Crippen LogP contribution >= 0.6 is 0 Å². The summed E-state index contributed by atoms with van der Waals surface area (Å²) < 4.78 is 0.